The Morgan fingerprint density at radius 1 is 1.38 bits per heavy atom. The number of aliphatic hydroxyl groups is 1. The molecule has 0 aromatic rings. The average Bonchev–Trinajstić information content (AvgIpc) is 2.88. The van der Waals surface area contributed by atoms with Crippen molar-refractivity contribution >= 4 is 11.6 Å². The van der Waals surface area contributed by atoms with Crippen LogP contribution in [0.5, 0.6) is 0 Å². The van der Waals surface area contributed by atoms with E-state index in [2.05, 4.69) is 5.32 Å². The number of carbonyl (C=O) groups is 2. The van der Waals surface area contributed by atoms with Gasteiger partial charge in [0.2, 0.25) is 5.78 Å². The van der Waals surface area contributed by atoms with E-state index in [1.54, 1.807) is 0 Å². The molecule has 0 aromatic heterocycles. The van der Waals surface area contributed by atoms with E-state index in [9.17, 15) is 9.59 Å². The predicted octanol–water partition coefficient (Wildman–Crippen LogP) is -0.696. The second-order valence-electron chi connectivity index (χ2n) is 3.04. The molecule has 0 aliphatic heterocycles. The maximum absolute atomic E-state index is 11.4. The van der Waals surface area contributed by atoms with Gasteiger partial charge in [-0.15, -0.1) is 0 Å². The molecule has 0 bridgehead atoms. The van der Waals surface area contributed by atoms with E-state index >= 15 is 0 Å². The van der Waals surface area contributed by atoms with Crippen molar-refractivity contribution in [3.8, 4) is 0 Å². The first-order chi connectivity index (χ1) is 6.24. The first-order valence-corrected chi connectivity index (χ1v) is 4.11. The summed E-state index contributed by atoms with van der Waals surface area (Å²) in [5, 5.41) is 11.2. The zero-order valence-corrected chi connectivity index (χ0v) is 6.96. The fourth-order valence-corrected chi connectivity index (χ4v) is 1.35. The van der Waals surface area contributed by atoms with Crippen molar-refractivity contribution in [2.45, 2.75) is 6.42 Å². The van der Waals surface area contributed by atoms with E-state index in [0.29, 0.717) is 29.8 Å². The van der Waals surface area contributed by atoms with Crippen LogP contribution < -0.4 is 5.32 Å². The van der Waals surface area contributed by atoms with Gasteiger partial charge in [-0.05, 0) is 0 Å². The molecule has 0 saturated heterocycles. The number of hydrogen-bond acceptors (Lipinski definition) is 4. The minimum Gasteiger partial charge on any atom is -0.395 e. The van der Waals surface area contributed by atoms with E-state index < -0.39 is 0 Å². The van der Waals surface area contributed by atoms with Crippen molar-refractivity contribution in [2.24, 2.45) is 0 Å². The van der Waals surface area contributed by atoms with Crippen LogP contribution in [0.4, 0.5) is 0 Å². The summed E-state index contributed by atoms with van der Waals surface area (Å²) in [4.78, 5) is 22.6. The van der Waals surface area contributed by atoms with Gasteiger partial charge in [-0.2, -0.15) is 0 Å². The average molecular weight is 179 g/mol. The Morgan fingerprint density at radius 2 is 2.15 bits per heavy atom. The van der Waals surface area contributed by atoms with E-state index in [1.807, 2.05) is 0 Å². The molecule has 2 rings (SSSR count). The molecule has 13 heavy (non-hydrogen) atoms. The molecular formula is C9H9NO3. The van der Waals surface area contributed by atoms with Crippen molar-refractivity contribution in [3.05, 3.63) is 22.9 Å². The summed E-state index contributed by atoms with van der Waals surface area (Å²) in [6.45, 7) is 0.248. The Labute approximate surface area is 74.9 Å². The molecule has 0 unspecified atom stereocenters. The summed E-state index contributed by atoms with van der Waals surface area (Å²) in [7, 11) is 0. The van der Waals surface area contributed by atoms with Crippen LogP contribution in [0.15, 0.2) is 22.9 Å². The smallest absolute Gasteiger partial charge is 0.205 e. The Morgan fingerprint density at radius 3 is 2.85 bits per heavy atom. The third kappa shape index (κ3) is 1.29. The molecule has 2 aliphatic rings. The number of aliphatic hydroxyl groups excluding tert-OH is 1. The van der Waals surface area contributed by atoms with Crippen LogP contribution in [0.1, 0.15) is 6.42 Å². The van der Waals surface area contributed by atoms with Gasteiger partial charge in [0, 0.05) is 30.2 Å². The normalized spacial score (nSPS) is 19.9. The van der Waals surface area contributed by atoms with Crippen LogP contribution in [0.25, 0.3) is 0 Å². The number of ketones is 2. The molecule has 0 fully saturated rings. The number of carbonyl (C=O) groups excluding carboxylic acids is 2. The van der Waals surface area contributed by atoms with Gasteiger partial charge in [0.25, 0.3) is 0 Å². The monoisotopic (exact) mass is 179 g/mol. The molecule has 0 atom stereocenters. The quantitative estimate of drug-likeness (QED) is 0.562. The van der Waals surface area contributed by atoms with Gasteiger partial charge in [-0.3, -0.25) is 9.59 Å². The lowest BCUT2D eigenvalue weighted by Crippen LogP contribution is -2.25. The van der Waals surface area contributed by atoms with Crippen LogP contribution in [-0.4, -0.2) is 29.8 Å². The third-order valence-corrected chi connectivity index (χ3v) is 2.11. The van der Waals surface area contributed by atoms with Crippen LogP contribution in [-0.2, 0) is 9.59 Å². The van der Waals surface area contributed by atoms with Gasteiger partial charge in [0.15, 0.2) is 5.78 Å². The standard InChI is InChI=1S/C9H9NO3/c11-2-1-10-7-4-8(12)5-3-6(5)9(7)13/h4,10-11H,1-3H2. The molecule has 0 spiro atoms. The molecule has 2 aliphatic carbocycles. The van der Waals surface area contributed by atoms with Gasteiger partial charge >= 0.3 is 0 Å². The maximum atomic E-state index is 11.4. The molecule has 2 N–H and O–H groups in total. The number of hydrogen-bond donors (Lipinski definition) is 2. The zero-order chi connectivity index (χ0) is 9.42. The fraction of sp³-hybridized carbons (Fsp3) is 0.333. The molecule has 0 amide bonds. The summed E-state index contributed by atoms with van der Waals surface area (Å²) in [6, 6.07) is 0. The Hall–Kier alpha value is -1.42. The van der Waals surface area contributed by atoms with Crippen molar-refractivity contribution in [1.29, 1.82) is 0 Å². The largest absolute Gasteiger partial charge is 0.395 e. The van der Waals surface area contributed by atoms with E-state index in [1.165, 1.54) is 6.08 Å². The van der Waals surface area contributed by atoms with Gasteiger partial charge in [0.05, 0.1) is 12.3 Å². The summed E-state index contributed by atoms with van der Waals surface area (Å²) in [5.74, 6) is -0.168. The highest BCUT2D eigenvalue weighted by Crippen LogP contribution is 2.37. The molecule has 0 heterocycles. The first kappa shape index (κ1) is 8.19. The van der Waals surface area contributed by atoms with Crippen LogP contribution in [0, 0.1) is 0 Å². The molecule has 4 nitrogen and oxygen atoms in total. The molecular weight excluding hydrogens is 170 g/mol. The summed E-state index contributed by atoms with van der Waals surface area (Å²) < 4.78 is 0. The number of nitrogens with one attached hydrogen (secondary N) is 1. The highest BCUT2D eigenvalue weighted by Gasteiger charge is 2.37. The van der Waals surface area contributed by atoms with Crippen LogP contribution in [0.2, 0.25) is 0 Å². The highest BCUT2D eigenvalue weighted by molar-refractivity contribution is 6.27. The van der Waals surface area contributed by atoms with Gasteiger partial charge in [0.1, 0.15) is 0 Å². The number of rotatable bonds is 3. The minimum absolute atomic E-state index is 0.0509. The van der Waals surface area contributed by atoms with E-state index in [4.69, 9.17) is 5.11 Å². The Kier molecular flexibility index (Phi) is 1.77. The molecule has 68 valence electrons. The third-order valence-electron chi connectivity index (χ3n) is 2.11. The second kappa shape index (κ2) is 2.81. The van der Waals surface area contributed by atoms with E-state index in [0.717, 1.165) is 0 Å². The van der Waals surface area contributed by atoms with Crippen LogP contribution >= 0.6 is 0 Å². The molecule has 0 aromatic carbocycles. The van der Waals surface area contributed by atoms with Gasteiger partial charge < -0.3 is 10.4 Å². The Balaban J connectivity index is 2.11. The zero-order valence-electron chi connectivity index (χ0n) is 6.96. The first-order valence-electron chi connectivity index (χ1n) is 4.11. The number of allylic oxidation sites excluding steroid dienone is 3. The Bertz CT molecular complexity index is 352. The van der Waals surface area contributed by atoms with Crippen molar-refractivity contribution in [1.82, 2.24) is 5.32 Å². The SMILES string of the molecule is O=C1C=C(NCCO)C(=O)C2=C1C2. The predicted molar refractivity (Wildman–Crippen MR) is 44.8 cm³/mol. The van der Waals surface area contributed by atoms with Crippen molar-refractivity contribution in [2.75, 3.05) is 13.2 Å². The lowest BCUT2D eigenvalue weighted by molar-refractivity contribution is -0.114. The molecule has 4 heteroatoms. The summed E-state index contributed by atoms with van der Waals surface area (Å²) in [6.07, 6.45) is 1.85. The number of Topliss-reactive ketones (excluding diaryl/α,β-unsaturated/α-hetero) is 1. The summed E-state index contributed by atoms with van der Waals surface area (Å²) in [5.41, 5.74) is 1.60. The lowest BCUT2D eigenvalue weighted by atomic mass is 10.1. The van der Waals surface area contributed by atoms with Crippen LogP contribution in [0.3, 0.4) is 0 Å². The van der Waals surface area contributed by atoms with Gasteiger partial charge in [-0.25, -0.2) is 0 Å². The van der Waals surface area contributed by atoms with E-state index in [-0.39, 0.29) is 18.2 Å². The molecule has 0 radical (unpaired) electrons. The fourth-order valence-electron chi connectivity index (χ4n) is 1.35. The summed E-state index contributed by atoms with van der Waals surface area (Å²) >= 11 is 0. The molecule has 0 saturated carbocycles. The van der Waals surface area contributed by atoms with Crippen molar-refractivity contribution < 1.29 is 14.7 Å². The second-order valence-corrected chi connectivity index (χ2v) is 3.04. The minimum atomic E-state index is -0.0944. The highest BCUT2D eigenvalue weighted by atomic mass is 16.3. The van der Waals surface area contributed by atoms with Gasteiger partial charge in [-0.1, -0.05) is 0 Å². The maximum Gasteiger partial charge on any atom is 0.205 e. The lowest BCUT2D eigenvalue weighted by Gasteiger charge is -2.07. The topological polar surface area (TPSA) is 66.4 Å². The van der Waals surface area contributed by atoms with Crippen molar-refractivity contribution in [3.63, 3.8) is 0 Å².